The molecule has 1 atom stereocenters. The molecule has 9 heterocycles. The second kappa shape index (κ2) is 33.5. The van der Waals surface area contributed by atoms with Gasteiger partial charge in [-0.1, -0.05) is 47.7 Å². The third kappa shape index (κ3) is 17.8. The first-order valence-electron chi connectivity index (χ1n) is 34.0. The first kappa shape index (κ1) is 74.2. The summed E-state index contributed by atoms with van der Waals surface area (Å²) >= 11 is 2.69. The fourth-order valence-electron chi connectivity index (χ4n) is 11.8. The maximum absolute atomic E-state index is 13.0. The van der Waals surface area contributed by atoms with Crippen LogP contribution in [0.3, 0.4) is 0 Å². The van der Waals surface area contributed by atoms with Crippen molar-refractivity contribution in [2.75, 3.05) is 78.6 Å². The molecule has 3 aliphatic rings. The number of fused-ring (bicyclic) bond motifs is 2. The minimum absolute atomic E-state index is 0.172. The summed E-state index contributed by atoms with van der Waals surface area (Å²) in [6.07, 6.45) is 12.0. The normalized spacial score (nSPS) is 14.2. The number of sulfone groups is 1. The van der Waals surface area contributed by atoms with Gasteiger partial charge in [-0.2, -0.15) is 9.40 Å². The summed E-state index contributed by atoms with van der Waals surface area (Å²) in [5.41, 5.74) is 8.27. The first-order valence-corrected chi connectivity index (χ1v) is 38.6. The predicted octanol–water partition coefficient (Wildman–Crippen LogP) is 11.8. The number of thiazole rings is 2. The molecule has 3 amide bonds. The number of aromatic amines is 1. The second-order valence-electron chi connectivity index (χ2n) is 25.1. The Kier molecular flexibility index (Phi) is 23.6. The maximum Gasteiger partial charge on any atom is 0.280 e. The summed E-state index contributed by atoms with van der Waals surface area (Å²) in [5, 5.41) is 14.3. The van der Waals surface area contributed by atoms with Crippen LogP contribution in [0, 0.1) is 26.6 Å². The summed E-state index contributed by atoms with van der Waals surface area (Å²) in [7, 11) is -2.17. The summed E-state index contributed by atoms with van der Waals surface area (Å²) in [6.45, 7) is 9.97. The molecule has 544 valence electrons. The number of rotatable bonds is 21. The van der Waals surface area contributed by atoms with E-state index in [1.165, 1.54) is 66.9 Å². The van der Waals surface area contributed by atoms with Crippen LogP contribution >= 0.6 is 22.7 Å². The highest BCUT2D eigenvalue weighted by atomic mass is 32.2. The molecular weight excluding hydrogens is 1420 g/mol. The van der Waals surface area contributed by atoms with Crippen LogP contribution in [0.25, 0.3) is 37.6 Å². The average Bonchev–Trinajstić information content (AvgIpc) is 1.28. The monoisotopic (exact) mass is 1490 g/mol. The molecule has 0 spiro atoms. The van der Waals surface area contributed by atoms with Gasteiger partial charge in [-0.15, -0.1) is 11.3 Å². The first-order chi connectivity index (χ1) is 50.8. The molecule has 3 fully saturated rings. The number of para-hydroxylation sites is 2. The molecule has 29 heteroatoms. The number of ether oxygens (including phenoxy) is 3. The lowest BCUT2D eigenvalue weighted by Gasteiger charge is -2.38. The molecule has 0 bridgehead atoms. The van der Waals surface area contributed by atoms with E-state index >= 15 is 0 Å². The number of likely N-dealkylation sites (tertiary alicyclic amines) is 1. The number of piperazine rings is 1. The minimum Gasteiger partial charge on any atom is -0.497 e. The van der Waals surface area contributed by atoms with Gasteiger partial charge >= 0.3 is 0 Å². The number of amides is 3. The molecular formula is C76H79FN14O10S4. The van der Waals surface area contributed by atoms with Crippen LogP contribution in [-0.4, -0.2) is 167 Å². The van der Waals surface area contributed by atoms with Crippen molar-refractivity contribution in [1.82, 2.24) is 64.1 Å². The highest BCUT2D eigenvalue weighted by Crippen LogP contribution is 2.40. The van der Waals surface area contributed by atoms with Gasteiger partial charge in [0.2, 0.25) is 10.0 Å². The number of aromatic nitrogens is 9. The van der Waals surface area contributed by atoms with Crippen LogP contribution in [0.2, 0.25) is 0 Å². The number of anilines is 1. The Morgan fingerprint density at radius 2 is 1.44 bits per heavy atom. The summed E-state index contributed by atoms with van der Waals surface area (Å²) in [5.74, 6) is 1.93. The topological polar surface area (TPSA) is 284 Å². The number of carbonyl (C=O) groups is 3. The van der Waals surface area contributed by atoms with Crippen molar-refractivity contribution in [3.8, 4) is 27.9 Å². The number of sulfonamides is 1. The van der Waals surface area contributed by atoms with Crippen molar-refractivity contribution in [2.45, 2.75) is 73.6 Å². The van der Waals surface area contributed by atoms with Gasteiger partial charge in [0.05, 0.1) is 45.6 Å². The van der Waals surface area contributed by atoms with E-state index in [-0.39, 0.29) is 47.6 Å². The van der Waals surface area contributed by atoms with Crippen LogP contribution in [0.1, 0.15) is 89.3 Å². The highest BCUT2D eigenvalue weighted by Gasteiger charge is 2.42. The van der Waals surface area contributed by atoms with E-state index in [0.717, 1.165) is 73.7 Å². The van der Waals surface area contributed by atoms with Gasteiger partial charge in [-0.3, -0.25) is 19.5 Å². The SMILES string of the molecule is COc1ccc(S(=O)(=O)C2CN(C(=O)c3sc(-n4cccc4)nc3C)C2)cc1.COc1ccccc1C(CNC(=O)c1nc2ccccc2s1)OC.Cc1ccc(S(=O)(=O)N2CCN(c3cc(C4CC4)ncn3)CC2)cc1C.O=C(NCCCn1ccc2cccnc21)c1cc(-c2ccc(F)cc2)n[nH]1. The standard InChI is InChI=1S/C20H18FN5O.C19H24N4O2S.C19H19N3O4S2.C18H18N2O3S/c21-16-6-4-14(5-7-16)17-13-18(25-24-17)20(27)23-10-2-11-26-12-8-15-3-1-9-22-19(15)26;1-14-3-6-17(11-15(14)2)26(24,25)23-9-7-22(8-10-23)19-12-18(16-4-5-16)20-13-21-19;1-13-17(27-19(20-13)21-9-3-4-10-21)18(23)22-11-16(12-22)28(24,25)15-7-5-14(26-2)6-8-15;1-22-14-9-5-3-7-12(14)15(23-2)11-19-17(21)18-20-13-8-4-6-10-16(13)24-18/h1,3-9,12-13H,2,10-11H2,(H,23,27)(H,24,25);3,6,11-13,16H,4-5,7-10H2,1-2H3;3-10,16H,11-12H2,1-2H3;3-10,15H,11H2,1-2H3,(H,19,21). The van der Waals surface area contributed by atoms with Crippen molar-refractivity contribution >= 4 is 87.3 Å². The number of carbonyl (C=O) groups excluding carboxylic acids is 3. The van der Waals surface area contributed by atoms with Crippen molar-refractivity contribution < 1.29 is 49.8 Å². The molecule has 12 aromatic rings. The number of halogens is 1. The predicted molar refractivity (Wildman–Crippen MR) is 402 cm³/mol. The van der Waals surface area contributed by atoms with Gasteiger partial charge in [-0.05, 0) is 166 Å². The Morgan fingerprint density at radius 3 is 2.15 bits per heavy atom. The molecule has 15 rings (SSSR count). The smallest absolute Gasteiger partial charge is 0.280 e. The lowest BCUT2D eigenvalue weighted by molar-refractivity contribution is 0.0662. The fraction of sp³-hybridized carbons (Fsp3) is 0.276. The van der Waals surface area contributed by atoms with E-state index in [0.29, 0.717) is 87.9 Å². The molecule has 7 aromatic heterocycles. The van der Waals surface area contributed by atoms with E-state index in [9.17, 15) is 35.6 Å². The Labute approximate surface area is 615 Å². The Hall–Kier alpha value is -10.6. The zero-order valence-corrected chi connectivity index (χ0v) is 61.9. The molecule has 0 radical (unpaired) electrons. The van der Waals surface area contributed by atoms with E-state index in [4.69, 9.17) is 14.2 Å². The maximum atomic E-state index is 13.0. The zero-order chi connectivity index (χ0) is 73.8. The van der Waals surface area contributed by atoms with Crippen molar-refractivity contribution in [1.29, 1.82) is 0 Å². The number of hydrogen-bond donors (Lipinski definition) is 3. The number of nitrogens with zero attached hydrogens (tertiary/aromatic N) is 11. The van der Waals surface area contributed by atoms with Gasteiger partial charge < -0.3 is 43.8 Å². The highest BCUT2D eigenvalue weighted by molar-refractivity contribution is 7.92. The summed E-state index contributed by atoms with van der Waals surface area (Å²) in [4.78, 5) is 64.3. The summed E-state index contributed by atoms with van der Waals surface area (Å²) in [6, 6.07) is 46.4. The van der Waals surface area contributed by atoms with Crippen LogP contribution in [0.4, 0.5) is 10.2 Å². The molecule has 2 aliphatic heterocycles. The Morgan fingerprint density at radius 1 is 0.705 bits per heavy atom. The molecule has 5 aromatic carbocycles. The lowest BCUT2D eigenvalue weighted by Crippen LogP contribution is -2.56. The number of nitrogens with one attached hydrogen (secondary N) is 3. The van der Waals surface area contributed by atoms with Crippen molar-refractivity contribution in [2.24, 2.45) is 0 Å². The number of H-pyrrole nitrogens is 1. The van der Waals surface area contributed by atoms with E-state index in [1.54, 1.807) is 85.3 Å². The quantitative estimate of drug-likeness (QED) is 0.0564. The second-order valence-corrected chi connectivity index (χ2v) is 31.3. The van der Waals surface area contributed by atoms with Crippen LogP contribution in [0.15, 0.2) is 199 Å². The van der Waals surface area contributed by atoms with Crippen LogP contribution < -0.4 is 25.0 Å². The van der Waals surface area contributed by atoms with E-state index in [2.05, 4.69) is 61.3 Å². The van der Waals surface area contributed by atoms with Gasteiger partial charge in [0.15, 0.2) is 20.0 Å². The van der Waals surface area contributed by atoms with Gasteiger partial charge in [0.1, 0.15) is 57.0 Å². The third-order valence-corrected chi connectivity index (χ3v) is 24.4. The molecule has 105 heavy (non-hydrogen) atoms. The number of hydrogen-bond acceptors (Lipinski definition) is 19. The number of aryl methyl sites for hydroxylation is 4. The largest absolute Gasteiger partial charge is 0.497 e. The van der Waals surface area contributed by atoms with Gasteiger partial charge in [0, 0.05) is 125 Å². The molecule has 1 aliphatic carbocycles. The Bertz CT molecular complexity index is 5190. The minimum atomic E-state index is -3.48. The van der Waals surface area contributed by atoms with Crippen molar-refractivity contribution in [3.63, 3.8) is 0 Å². The third-order valence-electron chi connectivity index (χ3n) is 18.2. The molecule has 3 N–H and O–H groups in total. The van der Waals surface area contributed by atoms with Gasteiger partial charge in [-0.25, -0.2) is 46.1 Å². The lowest BCUT2D eigenvalue weighted by atomic mass is 10.1. The van der Waals surface area contributed by atoms with Gasteiger partial charge in [0.25, 0.3) is 17.7 Å². The molecule has 2 saturated heterocycles. The zero-order valence-electron chi connectivity index (χ0n) is 58.6. The van der Waals surface area contributed by atoms with Crippen LogP contribution in [0.5, 0.6) is 11.5 Å². The van der Waals surface area contributed by atoms with E-state index in [1.807, 2.05) is 122 Å². The number of pyridine rings is 1. The van der Waals surface area contributed by atoms with E-state index < -0.39 is 25.1 Å². The number of benzene rings is 5. The average molecular weight is 1500 g/mol. The molecule has 1 saturated carbocycles. The molecule has 1 unspecified atom stereocenters. The number of methoxy groups -OCH3 is 3. The Balaban J connectivity index is 0.000000132. The summed E-state index contributed by atoms with van der Waals surface area (Å²) < 4.78 is 86.8. The fourth-order valence-corrected chi connectivity index (χ4v) is 16.9. The van der Waals surface area contributed by atoms with Crippen LogP contribution in [-0.2, 0) is 31.1 Å². The molecule has 24 nitrogen and oxygen atoms in total. The van der Waals surface area contributed by atoms with Crippen molar-refractivity contribution in [3.05, 3.63) is 238 Å².